The van der Waals surface area contributed by atoms with E-state index in [9.17, 15) is 0 Å². The average molecular weight is 1180 g/mol. The molecule has 0 fully saturated rings. The molecule has 0 saturated carbocycles. The Hall–Kier alpha value is -1.88. The van der Waals surface area contributed by atoms with Gasteiger partial charge in [-0.15, -0.1) is 0 Å². The van der Waals surface area contributed by atoms with E-state index >= 15 is 8.78 Å². The lowest BCUT2D eigenvalue weighted by atomic mass is 9.68. The van der Waals surface area contributed by atoms with Crippen molar-refractivity contribution in [1.29, 1.82) is 0 Å². The normalized spacial score (nSPS) is 14.2. The lowest BCUT2D eigenvalue weighted by Crippen LogP contribution is -2.29. The molecule has 7 rings (SSSR count). The van der Waals surface area contributed by atoms with E-state index in [1.165, 1.54) is 203 Å². The van der Waals surface area contributed by atoms with E-state index in [1.807, 2.05) is 0 Å². The molecule has 0 spiro atoms. The number of unbranched alkanes of at least 4 members (excludes halogenated alkanes) is 32. The highest BCUT2D eigenvalue weighted by molar-refractivity contribution is 9.11. The summed E-state index contributed by atoms with van der Waals surface area (Å²) in [5.41, 5.74) is 7.37. The summed E-state index contributed by atoms with van der Waals surface area (Å²) in [4.78, 5) is 0. The Morgan fingerprint density at radius 3 is 0.824 bits per heavy atom. The summed E-state index contributed by atoms with van der Waals surface area (Å²) in [5.74, 6) is -0.434. The van der Waals surface area contributed by atoms with Crippen LogP contribution in [-0.2, 0) is 10.8 Å². The molecule has 0 saturated heterocycles. The van der Waals surface area contributed by atoms with Gasteiger partial charge in [-0.05, 0) is 80.8 Å². The zero-order valence-electron chi connectivity index (χ0n) is 46.6. The Morgan fingerprint density at radius 1 is 0.338 bits per heavy atom. The van der Waals surface area contributed by atoms with Crippen molar-refractivity contribution in [1.82, 2.24) is 17.5 Å². The Morgan fingerprint density at radius 2 is 0.568 bits per heavy atom. The van der Waals surface area contributed by atoms with Gasteiger partial charge >= 0.3 is 0 Å². The van der Waals surface area contributed by atoms with Gasteiger partial charge in [0.05, 0.1) is 23.5 Å². The zero-order valence-corrected chi connectivity index (χ0v) is 51.4. The van der Waals surface area contributed by atoms with Crippen LogP contribution in [0.3, 0.4) is 0 Å². The van der Waals surface area contributed by atoms with Gasteiger partial charge in [0.15, 0.2) is 0 Å². The maximum Gasteiger partial charge on any atom is 0.136 e. The van der Waals surface area contributed by atoms with Crippen LogP contribution in [0.15, 0.2) is 21.1 Å². The SMILES string of the molecule is CCCCCCCCCCCC1(CCCCCCCCCCC)c2cc(Br)c3nsnc3c2-c2c(F)c3c(c(F)c21)-c1c(cc(Br)c2nsnc12)C3(CCCCCCCCCCC)CCCCCCCCCCC. The number of hydrogen-bond acceptors (Lipinski definition) is 6. The standard InChI is InChI=1S/C64H94Br2F2N4S2/c1-5-9-13-17-21-25-29-33-37-41-63(42-38-34-30-26-22-18-14-10-6-2)47-45-49(65)59-61(71-73-69-59)51(47)53-55(63)57(67)54-52-48(46-50(66)60-62(52)72-74-70-60)64(56(54)58(53)68,43-39-35-31-27-23-19-15-11-7-3)44-40-36-32-28-24-20-16-12-8-4/h45-46H,5-44H2,1-4H3. The van der Waals surface area contributed by atoms with Gasteiger partial charge in [-0.3, -0.25) is 0 Å². The average Bonchev–Trinajstić information content (AvgIpc) is 4.28. The van der Waals surface area contributed by atoms with Gasteiger partial charge in [0.2, 0.25) is 0 Å². The van der Waals surface area contributed by atoms with Crippen molar-refractivity contribution in [3.8, 4) is 22.3 Å². The summed E-state index contributed by atoms with van der Waals surface area (Å²) in [6, 6.07) is 4.44. The van der Waals surface area contributed by atoms with Crippen molar-refractivity contribution >= 4 is 77.4 Å². The van der Waals surface area contributed by atoms with E-state index in [-0.39, 0.29) is 11.6 Å². The molecule has 5 aromatic rings. The molecule has 0 N–H and O–H groups in total. The van der Waals surface area contributed by atoms with Gasteiger partial charge in [0.1, 0.15) is 33.7 Å². The maximum atomic E-state index is 19.6. The molecule has 2 aliphatic rings. The molecule has 2 aliphatic carbocycles. The molecule has 0 radical (unpaired) electrons. The second-order valence-electron chi connectivity index (χ2n) is 23.1. The fourth-order valence-electron chi connectivity index (χ4n) is 13.6. The Kier molecular flexibility index (Phi) is 25.1. The van der Waals surface area contributed by atoms with Crippen molar-refractivity contribution < 1.29 is 8.78 Å². The smallest absolute Gasteiger partial charge is 0.136 e. The van der Waals surface area contributed by atoms with E-state index in [1.54, 1.807) is 0 Å². The number of nitrogens with zero attached hydrogens (tertiary/aromatic N) is 4. The molecule has 2 aromatic heterocycles. The number of aromatic nitrogens is 4. The van der Waals surface area contributed by atoms with Crippen LogP contribution in [0.5, 0.6) is 0 Å². The van der Waals surface area contributed by atoms with Crippen LogP contribution in [0.4, 0.5) is 8.78 Å². The fourth-order valence-corrected chi connectivity index (χ4v) is 16.0. The number of halogens is 4. The van der Waals surface area contributed by atoms with Crippen molar-refractivity contribution in [3.63, 3.8) is 0 Å². The molecule has 3 aromatic carbocycles. The molecular formula is C64H94Br2F2N4S2. The van der Waals surface area contributed by atoms with Crippen molar-refractivity contribution in [3.05, 3.63) is 55.0 Å². The van der Waals surface area contributed by atoms with Crippen LogP contribution in [-0.4, -0.2) is 17.5 Å². The van der Waals surface area contributed by atoms with Gasteiger partial charge in [0.25, 0.3) is 0 Å². The van der Waals surface area contributed by atoms with Crippen LogP contribution in [0.2, 0.25) is 0 Å². The fraction of sp³-hybridized carbons (Fsp3) is 0.719. The minimum Gasteiger partial charge on any atom is -0.206 e. The second-order valence-corrected chi connectivity index (χ2v) is 25.9. The highest BCUT2D eigenvalue weighted by atomic mass is 79.9. The first-order valence-corrected chi connectivity index (χ1v) is 33.8. The predicted octanol–water partition coefficient (Wildman–Crippen LogP) is 23.7. The van der Waals surface area contributed by atoms with Gasteiger partial charge in [-0.25, -0.2) is 8.78 Å². The minimum absolute atomic E-state index is 0.217. The second kappa shape index (κ2) is 31.1. The quantitative estimate of drug-likeness (QED) is 0.0367. The van der Waals surface area contributed by atoms with Crippen LogP contribution in [0, 0.1) is 11.6 Å². The summed E-state index contributed by atoms with van der Waals surface area (Å²) >= 11 is 10.3. The largest absolute Gasteiger partial charge is 0.206 e. The lowest BCUT2D eigenvalue weighted by Gasteiger charge is -2.35. The van der Waals surface area contributed by atoms with Crippen molar-refractivity contribution in [2.75, 3.05) is 0 Å². The van der Waals surface area contributed by atoms with Crippen molar-refractivity contribution in [2.45, 2.75) is 295 Å². The molecule has 10 heteroatoms. The van der Waals surface area contributed by atoms with Gasteiger partial charge < -0.3 is 0 Å². The van der Waals surface area contributed by atoms with Crippen molar-refractivity contribution in [2.24, 2.45) is 0 Å². The molecular weight excluding hydrogens is 1090 g/mol. The first-order valence-electron chi connectivity index (χ1n) is 30.8. The first-order chi connectivity index (χ1) is 36.3. The van der Waals surface area contributed by atoms with Gasteiger partial charge in [-0.1, -0.05) is 259 Å². The third-order valence-corrected chi connectivity index (χ3v) is 19.9. The van der Waals surface area contributed by atoms with Crippen LogP contribution >= 0.6 is 55.3 Å². The van der Waals surface area contributed by atoms with E-state index in [4.69, 9.17) is 17.5 Å². The van der Waals surface area contributed by atoms with Crippen LogP contribution in [0.1, 0.15) is 307 Å². The molecule has 0 atom stereocenters. The molecule has 0 aliphatic heterocycles. The topological polar surface area (TPSA) is 51.6 Å². The highest BCUT2D eigenvalue weighted by Gasteiger charge is 2.54. The van der Waals surface area contributed by atoms with Gasteiger partial charge in [-0.2, -0.15) is 17.5 Å². The monoisotopic (exact) mass is 1180 g/mol. The third kappa shape index (κ3) is 14.1. The molecule has 0 unspecified atom stereocenters. The maximum absolute atomic E-state index is 19.6. The molecule has 410 valence electrons. The molecule has 74 heavy (non-hydrogen) atoms. The third-order valence-electron chi connectivity index (χ3n) is 17.7. The zero-order chi connectivity index (χ0) is 52.2. The van der Waals surface area contributed by atoms with Crippen LogP contribution in [0.25, 0.3) is 44.3 Å². The van der Waals surface area contributed by atoms with E-state index in [0.29, 0.717) is 33.3 Å². The Labute approximate surface area is 472 Å². The number of rotatable bonds is 40. The summed E-state index contributed by atoms with van der Waals surface area (Å²) in [7, 11) is 0. The van der Waals surface area contributed by atoms with Crippen LogP contribution < -0.4 is 0 Å². The highest BCUT2D eigenvalue weighted by Crippen LogP contribution is 2.65. The first kappa shape index (κ1) is 59.8. The predicted molar refractivity (Wildman–Crippen MR) is 324 cm³/mol. The number of fused-ring (bicyclic) bond motifs is 10. The van der Waals surface area contributed by atoms with Gasteiger partial charge in [0, 0.05) is 53.2 Å². The van der Waals surface area contributed by atoms with E-state index < -0.39 is 10.8 Å². The molecule has 2 heterocycles. The number of benzene rings is 3. The molecule has 4 nitrogen and oxygen atoms in total. The summed E-state index contributed by atoms with van der Waals surface area (Å²) in [5, 5.41) is 0. The Bertz CT molecular complexity index is 2270. The summed E-state index contributed by atoms with van der Waals surface area (Å²) < 4.78 is 60.6. The summed E-state index contributed by atoms with van der Waals surface area (Å²) in [6.45, 7) is 9.13. The molecule has 0 amide bonds. The Balaban J connectivity index is 1.34. The number of hydrogen-bond donors (Lipinski definition) is 0. The van der Waals surface area contributed by atoms with E-state index in [2.05, 4.69) is 71.7 Å². The lowest BCUT2D eigenvalue weighted by molar-refractivity contribution is 0.374. The van der Waals surface area contributed by atoms with E-state index in [0.717, 1.165) is 119 Å². The molecule has 0 bridgehead atoms. The minimum atomic E-state index is -0.707. The summed E-state index contributed by atoms with van der Waals surface area (Å²) in [6.07, 6.45) is 47.0.